The molecule has 1 fully saturated rings. The zero-order chi connectivity index (χ0) is 20.4. The number of imidazole rings is 1. The molecule has 0 amide bonds. The van der Waals surface area contributed by atoms with Crippen LogP contribution in [0.25, 0.3) is 11.0 Å². The fraction of sp³-hybridized carbons (Fsp3) is 0.381. The zero-order valence-electron chi connectivity index (χ0n) is 15.7. The SMILES string of the molecule is OCC1OC(Sc2nc3ccccc3n2CCc2ccccc2)C(O)C(O)C1O. The lowest BCUT2D eigenvalue weighted by atomic mass is 10.0. The molecule has 1 aliphatic rings. The molecule has 2 aromatic carbocycles. The van der Waals surface area contributed by atoms with Crippen molar-refractivity contribution in [3.05, 3.63) is 60.2 Å². The molecule has 1 aliphatic heterocycles. The number of para-hydroxylation sites is 2. The molecule has 4 N–H and O–H groups in total. The van der Waals surface area contributed by atoms with Crippen molar-refractivity contribution >= 4 is 22.8 Å². The van der Waals surface area contributed by atoms with E-state index in [2.05, 4.69) is 21.7 Å². The Balaban J connectivity index is 1.61. The van der Waals surface area contributed by atoms with E-state index in [0.29, 0.717) is 11.7 Å². The summed E-state index contributed by atoms with van der Waals surface area (Å²) in [5.74, 6) is 0. The number of nitrogens with zero attached hydrogens (tertiary/aromatic N) is 2. The molecular formula is C21H24N2O5S. The molecule has 5 atom stereocenters. The maximum atomic E-state index is 10.4. The van der Waals surface area contributed by atoms with E-state index in [4.69, 9.17) is 4.74 Å². The number of hydrogen-bond acceptors (Lipinski definition) is 7. The van der Waals surface area contributed by atoms with Gasteiger partial charge in [0.25, 0.3) is 0 Å². The number of benzene rings is 2. The van der Waals surface area contributed by atoms with Crippen LogP contribution in [-0.2, 0) is 17.7 Å². The van der Waals surface area contributed by atoms with Crippen LogP contribution in [0.3, 0.4) is 0 Å². The van der Waals surface area contributed by atoms with Crippen molar-refractivity contribution in [1.82, 2.24) is 9.55 Å². The quantitative estimate of drug-likeness (QED) is 0.478. The number of rotatable bonds is 6. The lowest BCUT2D eigenvalue weighted by molar-refractivity contribution is -0.205. The van der Waals surface area contributed by atoms with Crippen LogP contribution in [0.15, 0.2) is 59.8 Å². The number of aliphatic hydroxyl groups excluding tert-OH is 4. The summed E-state index contributed by atoms with van der Waals surface area (Å²) in [6.45, 7) is 0.233. The number of aromatic nitrogens is 2. The molecule has 7 nitrogen and oxygen atoms in total. The summed E-state index contributed by atoms with van der Waals surface area (Å²) in [5.41, 5.74) is 2.13. The fourth-order valence-corrected chi connectivity index (χ4v) is 4.69. The third kappa shape index (κ3) is 4.18. The zero-order valence-corrected chi connectivity index (χ0v) is 16.5. The highest BCUT2D eigenvalue weighted by molar-refractivity contribution is 7.99. The van der Waals surface area contributed by atoms with Gasteiger partial charge in [-0.2, -0.15) is 0 Å². The normalized spacial score (nSPS) is 27.4. The Morgan fingerprint density at radius 1 is 0.931 bits per heavy atom. The van der Waals surface area contributed by atoms with E-state index in [1.165, 1.54) is 17.3 Å². The van der Waals surface area contributed by atoms with Crippen molar-refractivity contribution in [2.24, 2.45) is 0 Å². The van der Waals surface area contributed by atoms with Gasteiger partial charge in [0.1, 0.15) is 29.9 Å². The first kappa shape index (κ1) is 20.3. The van der Waals surface area contributed by atoms with Crippen molar-refractivity contribution in [2.45, 2.75) is 48.0 Å². The minimum atomic E-state index is -1.40. The first-order valence-corrected chi connectivity index (χ1v) is 10.4. The molecule has 154 valence electrons. The van der Waals surface area contributed by atoms with Crippen LogP contribution in [0.4, 0.5) is 0 Å². The Morgan fingerprint density at radius 3 is 2.41 bits per heavy atom. The van der Waals surface area contributed by atoms with Crippen LogP contribution in [0.1, 0.15) is 5.56 Å². The van der Waals surface area contributed by atoms with E-state index in [0.717, 1.165) is 17.5 Å². The highest BCUT2D eigenvalue weighted by Gasteiger charge is 2.44. The van der Waals surface area contributed by atoms with Gasteiger partial charge in [-0.25, -0.2) is 4.98 Å². The second-order valence-corrected chi connectivity index (χ2v) is 8.15. The molecule has 8 heteroatoms. The first-order chi connectivity index (χ1) is 14.1. The third-order valence-corrected chi connectivity index (χ3v) is 6.30. The minimum Gasteiger partial charge on any atom is -0.394 e. The van der Waals surface area contributed by atoms with Gasteiger partial charge in [-0.05, 0) is 24.1 Å². The van der Waals surface area contributed by atoms with Gasteiger partial charge in [0, 0.05) is 6.54 Å². The molecule has 0 aliphatic carbocycles. The van der Waals surface area contributed by atoms with E-state index in [1.54, 1.807) is 0 Å². The molecule has 5 unspecified atom stereocenters. The third-order valence-electron chi connectivity index (χ3n) is 5.16. The van der Waals surface area contributed by atoms with E-state index in [9.17, 15) is 20.4 Å². The molecule has 1 saturated heterocycles. The largest absolute Gasteiger partial charge is 0.394 e. The Bertz CT molecular complexity index is 949. The number of ether oxygens (including phenoxy) is 1. The van der Waals surface area contributed by atoms with Gasteiger partial charge in [-0.15, -0.1) is 0 Å². The Kier molecular flexibility index (Phi) is 6.19. The summed E-state index contributed by atoms with van der Waals surface area (Å²) in [6.07, 6.45) is -4.21. The molecule has 4 rings (SSSR count). The lowest BCUT2D eigenvalue weighted by Gasteiger charge is -2.39. The Hall–Kier alpha value is -1.94. The minimum absolute atomic E-state index is 0.452. The summed E-state index contributed by atoms with van der Waals surface area (Å²) in [4.78, 5) is 4.68. The molecule has 0 spiro atoms. The number of hydrogen-bond donors (Lipinski definition) is 4. The monoisotopic (exact) mass is 416 g/mol. The van der Waals surface area contributed by atoms with Crippen LogP contribution in [-0.4, -0.2) is 66.4 Å². The first-order valence-electron chi connectivity index (χ1n) is 9.55. The number of aryl methyl sites for hydroxylation is 2. The van der Waals surface area contributed by atoms with Crippen molar-refractivity contribution < 1.29 is 25.2 Å². The van der Waals surface area contributed by atoms with Crippen LogP contribution < -0.4 is 0 Å². The smallest absolute Gasteiger partial charge is 0.171 e. The van der Waals surface area contributed by atoms with E-state index in [-0.39, 0.29) is 0 Å². The standard InChI is InChI=1S/C21H24N2O5S/c24-12-16-17(25)18(26)19(27)20(28-16)29-21-22-14-8-4-5-9-15(14)23(21)11-10-13-6-2-1-3-7-13/h1-9,16-20,24-27H,10-12H2. The van der Waals surface area contributed by atoms with Crippen molar-refractivity contribution in [3.63, 3.8) is 0 Å². The number of aliphatic hydroxyl groups is 4. The van der Waals surface area contributed by atoms with Crippen molar-refractivity contribution in [3.8, 4) is 0 Å². The predicted octanol–water partition coefficient (Wildman–Crippen LogP) is 1.17. The summed E-state index contributed by atoms with van der Waals surface area (Å²) in [6, 6.07) is 17.9. The van der Waals surface area contributed by atoms with Gasteiger partial charge in [-0.1, -0.05) is 54.2 Å². The van der Waals surface area contributed by atoms with Crippen LogP contribution in [0.5, 0.6) is 0 Å². The van der Waals surface area contributed by atoms with E-state index < -0.39 is 36.5 Å². The molecule has 0 radical (unpaired) electrons. The van der Waals surface area contributed by atoms with Gasteiger partial charge in [-0.3, -0.25) is 0 Å². The van der Waals surface area contributed by atoms with Crippen LogP contribution in [0.2, 0.25) is 0 Å². The molecule has 29 heavy (non-hydrogen) atoms. The van der Waals surface area contributed by atoms with Gasteiger partial charge >= 0.3 is 0 Å². The summed E-state index contributed by atoms with van der Waals surface area (Å²) in [5, 5.41) is 40.5. The number of thioether (sulfide) groups is 1. The summed E-state index contributed by atoms with van der Waals surface area (Å²) < 4.78 is 7.71. The lowest BCUT2D eigenvalue weighted by Crippen LogP contribution is -2.57. The van der Waals surface area contributed by atoms with Gasteiger partial charge in [0.15, 0.2) is 5.16 Å². The highest BCUT2D eigenvalue weighted by Crippen LogP contribution is 2.34. The summed E-state index contributed by atoms with van der Waals surface area (Å²) in [7, 11) is 0. The van der Waals surface area contributed by atoms with Gasteiger partial charge < -0.3 is 29.7 Å². The van der Waals surface area contributed by atoms with Crippen LogP contribution >= 0.6 is 11.8 Å². The van der Waals surface area contributed by atoms with E-state index >= 15 is 0 Å². The maximum absolute atomic E-state index is 10.4. The maximum Gasteiger partial charge on any atom is 0.171 e. The average molecular weight is 416 g/mol. The average Bonchev–Trinajstić information content (AvgIpc) is 3.10. The second-order valence-electron chi connectivity index (χ2n) is 7.09. The van der Waals surface area contributed by atoms with Gasteiger partial charge in [0.2, 0.25) is 0 Å². The molecule has 0 bridgehead atoms. The molecule has 1 aromatic heterocycles. The van der Waals surface area contributed by atoms with Crippen LogP contribution in [0, 0.1) is 0 Å². The van der Waals surface area contributed by atoms with Crippen molar-refractivity contribution in [1.29, 1.82) is 0 Å². The number of fused-ring (bicyclic) bond motifs is 1. The Morgan fingerprint density at radius 2 is 1.66 bits per heavy atom. The molecular weight excluding hydrogens is 392 g/mol. The van der Waals surface area contributed by atoms with E-state index in [1.807, 2.05) is 42.5 Å². The van der Waals surface area contributed by atoms with Crippen molar-refractivity contribution in [2.75, 3.05) is 6.61 Å². The molecule has 2 heterocycles. The highest BCUT2D eigenvalue weighted by atomic mass is 32.2. The van der Waals surface area contributed by atoms with Gasteiger partial charge in [0.05, 0.1) is 17.6 Å². The summed E-state index contributed by atoms with van der Waals surface area (Å²) >= 11 is 1.18. The molecule has 3 aromatic rings. The fourth-order valence-electron chi connectivity index (χ4n) is 3.51. The Labute approximate surface area is 172 Å². The molecule has 0 saturated carbocycles. The second kappa shape index (κ2) is 8.83. The predicted molar refractivity (Wildman–Crippen MR) is 110 cm³/mol. The topological polar surface area (TPSA) is 108 Å².